The molecule has 0 unspecified atom stereocenters. The van der Waals surface area contributed by atoms with Crippen LogP contribution in [0.5, 0.6) is 0 Å². The minimum atomic E-state index is -4.32. The first-order valence-corrected chi connectivity index (χ1v) is 11.5. The summed E-state index contributed by atoms with van der Waals surface area (Å²) in [6, 6.07) is 13.8. The molecule has 2 amide bonds. The molecule has 1 atom stereocenters. The zero-order valence-electron chi connectivity index (χ0n) is 19.1. The van der Waals surface area contributed by atoms with Crippen LogP contribution in [0, 0.1) is 0 Å². The molecule has 1 N–H and O–H groups in total. The van der Waals surface area contributed by atoms with Gasteiger partial charge in [-0.3, -0.25) is 0 Å². The van der Waals surface area contributed by atoms with Gasteiger partial charge in [0.05, 0.1) is 5.56 Å². The predicted octanol–water partition coefficient (Wildman–Crippen LogP) is 5.26. The number of urea groups is 1. The van der Waals surface area contributed by atoms with Crippen LogP contribution in [0.1, 0.15) is 36.3 Å². The summed E-state index contributed by atoms with van der Waals surface area (Å²) in [7, 11) is 4.22. The number of carbonyl (C=O) groups is 1. The Morgan fingerprint density at radius 2 is 1.58 bits per heavy atom. The number of nitrogens with one attached hydrogen (secondary N) is 1. The number of nitrogens with zero attached hydrogens (tertiary/aromatic N) is 3. The van der Waals surface area contributed by atoms with Crippen molar-refractivity contribution in [2.75, 3.05) is 50.5 Å². The number of hydrogen-bond acceptors (Lipinski definition) is 3. The highest BCUT2D eigenvalue weighted by molar-refractivity contribution is 5.89. The van der Waals surface area contributed by atoms with Gasteiger partial charge in [0.2, 0.25) is 0 Å². The highest BCUT2D eigenvalue weighted by Crippen LogP contribution is 2.33. The van der Waals surface area contributed by atoms with Gasteiger partial charge >= 0.3 is 12.2 Å². The monoisotopic (exact) mass is 460 g/mol. The van der Waals surface area contributed by atoms with E-state index in [9.17, 15) is 18.0 Å². The molecule has 8 heteroatoms. The van der Waals surface area contributed by atoms with E-state index in [0.717, 1.165) is 61.4 Å². The Bertz CT molecular complexity index is 936. The SMILES string of the molecule is CN(C)[C@H]1CCN(c2ccc(NC(=O)N3CCC(c4ccc(C(F)(F)F)cc4)CC3)cc2)C1. The summed E-state index contributed by atoms with van der Waals surface area (Å²) in [5.74, 6) is 0.169. The van der Waals surface area contributed by atoms with E-state index in [1.54, 1.807) is 17.0 Å². The molecule has 0 aliphatic carbocycles. The summed E-state index contributed by atoms with van der Waals surface area (Å²) in [5.41, 5.74) is 2.19. The molecule has 0 bridgehead atoms. The lowest BCUT2D eigenvalue weighted by molar-refractivity contribution is -0.137. The number of rotatable bonds is 4. The molecule has 0 saturated carbocycles. The molecule has 5 nitrogen and oxygen atoms in total. The third-order valence-electron chi connectivity index (χ3n) is 6.87. The highest BCUT2D eigenvalue weighted by atomic mass is 19.4. The van der Waals surface area contributed by atoms with Gasteiger partial charge in [0, 0.05) is 43.6 Å². The number of halogens is 3. The molecule has 4 rings (SSSR count). The molecule has 2 aromatic rings. The minimum Gasteiger partial charge on any atom is -0.370 e. The Labute approximate surface area is 193 Å². The first kappa shape index (κ1) is 23.4. The number of amides is 2. The molecule has 0 aromatic heterocycles. The molecule has 2 aliphatic heterocycles. The van der Waals surface area contributed by atoms with Crippen molar-refractivity contribution >= 4 is 17.4 Å². The molecule has 2 heterocycles. The van der Waals surface area contributed by atoms with E-state index in [0.29, 0.717) is 19.1 Å². The number of alkyl halides is 3. The molecular formula is C25H31F3N4O. The van der Waals surface area contributed by atoms with Crippen molar-refractivity contribution in [2.24, 2.45) is 0 Å². The topological polar surface area (TPSA) is 38.8 Å². The van der Waals surface area contributed by atoms with Gasteiger partial charge in [-0.05, 0) is 81.2 Å². The Morgan fingerprint density at radius 1 is 0.939 bits per heavy atom. The molecule has 2 fully saturated rings. The van der Waals surface area contributed by atoms with Crippen LogP contribution in [0.2, 0.25) is 0 Å². The molecular weight excluding hydrogens is 429 g/mol. The number of benzene rings is 2. The summed E-state index contributed by atoms with van der Waals surface area (Å²) in [6.45, 7) is 3.19. The number of likely N-dealkylation sites (N-methyl/N-ethyl adjacent to an activating group) is 1. The van der Waals surface area contributed by atoms with Crippen LogP contribution in [-0.4, -0.2) is 62.1 Å². The fraction of sp³-hybridized carbons (Fsp3) is 0.480. The number of likely N-dealkylation sites (tertiary alicyclic amines) is 1. The second-order valence-corrected chi connectivity index (χ2v) is 9.21. The lowest BCUT2D eigenvalue weighted by Crippen LogP contribution is -2.40. The van der Waals surface area contributed by atoms with Gasteiger partial charge in [-0.25, -0.2) is 4.79 Å². The first-order chi connectivity index (χ1) is 15.7. The molecule has 2 saturated heterocycles. The normalized spacial score (nSPS) is 19.9. The standard InChI is InChI=1S/C25H31F3N4O/c1-30(2)23-13-16-32(17-23)22-9-7-21(8-10-22)29-24(33)31-14-11-19(12-15-31)18-3-5-20(6-4-18)25(26,27)28/h3-10,19,23H,11-17H2,1-2H3,(H,29,33)/t23-/m0/s1. The van der Waals surface area contributed by atoms with Gasteiger partial charge in [-0.15, -0.1) is 0 Å². The summed E-state index contributed by atoms with van der Waals surface area (Å²) in [5, 5.41) is 2.97. The third kappa shape index (κ3) is 5.61. The number of anilines is 2. The van der Waals surface area contributed by atoms with Gasteiger partial charge < -0.3 is 20.0 Å². The van der Waals surface area contributed by atoms with Crippen molar-refractivity contribution in [1.82, 2.24) is 9.80 Å². The van der Waals surface area contributed by atoms with Gasteiger partial charge in [-0.1, -0.05) is 12.1 Å². The average molecular weight is 461 g/mol. The summed E-state index contributed by atoms with van der Waals surface area (Å²) in [4.78, 5) is 19.1. The molecule has 2 aliphatic rings. The summed E-state index contributed by atoms with van der Waals surface area (Å²) < 4.78 is 38.3. The quantitative estimate of drug-likeness (QED) is 0.677. The second kappa shape index (κ2) is 9.63. The molecule has 33 heavy (non-hydrogen) atoms. The van der Waals surface area contributed by atoms with Crippen LogP contribution in [0.3, 0.4) is 0 Å². The highest BCUT2D eigenvalue weighted by Gasteiger charge is 2.31. The number of hydrogen-bond donors (Lipinski definition) is 1. The lowest BCUT2D eigenvalue weighted by Gasteiger charge is -2.32. The Hall–Kier alpha value is -2.74. The molecule has 0 radical (unpaired) electrons. The van der Waals surface area contributed by atoms with Crippen molar-refractivity contribution in [3.8, 4) is 0 Å². The van der Waals surface area contributed by atoms with Crippen LogP contribution in [0.15, 0.2) is 48.5 Å². The van der Waals surface area contributed by atoms with Crippen molar-refractivity contribution in [3.63, 3.8) is 0 Å². The van der Waals surface area contributed by atoms with Gasteiger partial charge in [0.25, 0.3) is 0 Å². The van der Waals surface area contributed by atoms with Crippen molar-refractivity contribution in [1.29, 1.82) is 0 Å². The van der Waals surface area contributed by atoms with Crippen LogP contribution in [-0.2, 0) is 6.18 Å². The molecule has 2 aromatic carbocycles. The second-order valence-electron chi connectivity index (χ2n) is 9.21. The zero-order chi connectivity index (χ0) is 23.6. The fourth-order valence-electron chi connectivity index (χ4n) is 4.72. The average Bonchev–Trinajstić information content (AvgIpc) is 3.30. The Kier molecular flexibility index (Phi) is 6.83. The van der Waals surface area contributed by atoms with Crippen molar-refractivity contribution in [3.05, 3.63) is 59.7 Å². The van der Waals surface area contributed by atoms with Gasteiger partial charge in [0.1, 0.15) is 0 Å². The smallest absolute Gasteiger partial charge is 0.370 e. The summed E-state index contributed by atoms with van der Waals surface area (Å²) in [6.07, 6.45) is -1.70. The van der Waals surface area contributed by atoms with Crippen LogP contribution in [0.25, 0.3) is 0 Å². The van der Waals surface area contributed by atoms with Gasteiger partial charge in [-0.2, -0.15) is 13.2 Å². The zero-order valence-corrected chi connectivity index (χ0v) is 19.1. The van der Waals surface area contributed by atoms with Crippen LogP contribution in [0.4, 0.5) is 29.3 Å². The van der Waals surface area contributed by atoms with Crippen LogP contribution < -0.4 is 10.2 Å². The summed E-state index contributed by atoms with van der Waals surface area (Å²) >= 11 is 0. The van der Waals surface area contributed by atoms with E-state index < -0.39 is 11.7 Å². The lowest BCUT2D eigenvalue weighted by atomic mass is 9.89. The van der Waals surface area contributed by atoms with Crippen molar-refractivity contribution in [2.45, 2.75) is 37.4 Å². The van der Waals surface area contributed by atoms with E-state index >= 15 is 0 Å². The maximum absolute atomic E-state index is 12.8. The van der Waals surface area contributed by atoms with E-state index in [1.165, 1.54) is 0 Å². The van der Waals surface area contributed by atoms with E-state index in [4.69, 9.17) is 0 Å². The minimum absolute atomic E-state index is 0.137. The fourth-order valence-corrected chi connectivity index (χ4v) is 4.72. The maximum atomic E-state index is 12.8. The van der Waals surface area contributed by atoms with E-state index in [-0.39, 0.29) is 11.9 Å². The number of carbonyl (C=O) groups excluding carboxylic acids is 1. The van der Waals surface area contributed by atoms with Crippen molar-refractivity contribution < 1.29 is 18.0 Å². The first-order valence-electron chi connectivity index (χ1n) is 11.5. The van der Waals surface area contributed by atoms with Crippen LogP contribution >= 0.6 is 0 Å². The third-order valence-corrected chi connectivity index (χ3v) is 6.87. The Balaban J connectivity index is 1.27. The van der Waals surface area contributed by atoms with Gasteiger partial charge in [0.15, 0.2) is 0 Å². The maximum Gasteiger partial charge on any atom is 0.416 e. The van der Waals surface area contributed by atoms with E-state index in [2.05, 4.69) is 29.2 Å². The molecule has 0 spiro atoms. The predicted molar refractivity (Wildman–Crippen MR) is 125 cm³/mol. The largest absolute Gasteiger partial charge is 0.416 e. The Morgan fingerprint density at radius 3 is 2.12 bits per heavy atom. The number of piperidine rings is 1. The molecule has 178 valence electrons. The van der Waals surface area contributed by atoms with E-state index in [1.807, 2.05) is 24.3 Å².